The van der Waals surface area contributed by atoms with Gasteiger partial charge in [-0.2, -0.15) is 0 Å². The number of aryl methyl sites for hydroxylation is 1. The lowest BCUT2D eigenvalue weighted by molar-refractivity contribution is 0.0695. The summed E-state index contributed by atoms with van der Waals surface area (Å²) in [5.74, 6) is -0.818. The Morgan fingerprint density at radius 2 is 2.00 bits per heavy atom. The number of carboxylic acid groups (broad SMARTS) is 1. The molecule has 0 aliphatic heterocycles. The molecule has 0 bridgehead atoms. The minimum Gasteiger partial charge on any atom is -0.494 e. The maximum atomic E-state index is 12.3. The van der Waals surface area contributed by atoms with E-state index in [1.807, 2.05) is 0 Å². The Kier molecular flexibility index (Phi) is 3.59. The van der Waals surface area contributed by atoms with Crippen LogP contribution >= 0.6 is 11.6 Å². The van der Waals surface area contributed by atoms with Gasteiger partial charge in [-0.15, -0.1) is 0 Å². The van der Waals surface area contributed by atoms with Crippen LogP contribution in [0.25, 0.3) is 10.9 Å². The zero-order chi connectivity index (χ0) is 15.0. The number of benzene rings is 1. The molecule has 1 N–H and O–H groups in total. The average molecular weight is 298 g/mol. The lowest BCUT2D eigenvalue weighted by Gasteiger charge is -2.15. The first-order valence-corrected chi connectivity index (χ1v) is 5.97. The molecular weight excluding hydrogens is 286 g/mol. The number of fused-ring (bicyclic) bond motifs is 1. The number of hydrogen-bond acceptors (Lipinski definition) is 4. The molecule has 0 fully saturated rings. The molecule has 0 amide bonds. The third kappa shape index (κ3) is 1.98. The van der Waals surface area contributed by atoms with Crippen LogP contribution in [-0.2, 0) is 7.05 Å². The zero-order valence-electron chi connectivity index (χ0n) is 11.1. The van der Waals surface area contributed by atoms with Gasteiger partial charge in [0.1, 0.15) is 11.3 Å². The number of nitrogens with zero attached hydrogens (tertiary/aromatic N) is 1. The second-order valence-corrected chi connectivity index (χ2v) is 4.51. The third-order valence-electron chi connectivity index (χ3n) is 2.97. The van der Waals surface area contributed by atoms with E-state index in [1.54, 1.807) is 7.05 Å². The summed E-state index contributed by atoms with van der Waals surface area (Å²) < 4.78 is 11.8. The Labute approximate surface area is 119 Å². The van der Waals surface area contributed by atoms with Crippen molar-refractivity contribution < 1.29 is 19.4 Å². The van der Waals surface area contributed by atoms with Gasteiger partial charge in [-0.25, -0.2) is 4.79 Å². The predicted molar refractivity (Wildman–Crippen MR) is 74.3 cm³/mol. The van der Waals surface area contributed by atoms with Crippen molar-refractivity contribution >= 4 is 28.5 Å². The number of rotatable bonds is 3. The number of halogens is 1. The lowest BCUT2D eigenvalue weighted by Crippen LogP contribution is -2.19. The number of hydrogen-bond donors (Lipinski definition) is 1. The molecule has 2 aromatic rings. The molecule has 1 heterocycles. The summed E-state index contributed by atoms with van der Waals surface area (Å²) in [6.07, 6.45) is 1.24. The molecule has 106 valence electrons. The zero-order valence-corrected chi connectivity index (χ0v) is 11.8. The number of carbonyl (C=O) groups is 1. The van der Waals surface area contributed by atoms with Crippen molar-refractivity contribution in [1.82, 2.24) is 4.57 Å². The minimum absolute atomic E-state index is 0.0826. The van der Waals surface area contributed by atoms with Crippen molar-refractivity contribution in [2.45, 2.75) is 0 Å². The molecule has 0 radical (unpaired) electrons. The first kappa shape index (κ1) is 14.2. The summed E-state index contributed by atoms with van der Waals surface area (Å²) >= 11 is 6.04. The SMILES string of the molecule is COc1c(Cl)cc(OC)c2c1c(=O)c(C(=O)O)cn2C. The third-order valence-corrected chi connectivity index (χ3v) is 3.25. The second kappa shape index (κ2) is 5.05. The highest BCUT2D eigenvalue weighted by Gasteiger charge is 2.21. The molecule has 0 saturated heterocycles. The fraction of sp³-hybridized carbons (Fsp3) is 0.231. The largest absolute Gasteiger partial charge is 0.494 e. The van der Waals surface area contributed by atoms with Gasteiger partial charge in [0.2, 0.25) is 5.43 Å². The van der Waals surface area contributed by atoms with Crippen molar-refractivity contribution in [3.8, 4) is 11.5 Å². The molecule has 0 saturated carbocycles. The molecule has 0 unspecified atom stereocenters. The number of aromatic nitrogens is 1. The number of aromatic carboxylic acids is 1. The Hall–Kier alpha value is -2.21. The van der Waals surface area contributed by atoms with Crippen LogP contribution in [0, 0.1) is 0 Å². The van der Waals surface area contributed by atoms with Crippen molar-refractivity contribution in [2.24, 2.45) is 7.05 Å². The molecule has 0 spiro atoms. The Morgan fingerprint density at radius 3 is 2.50 bits per heavy atom. The second-order valence-electron chi connectivity index (χ2n) is 4.11. The maximum Gasteiger partial charge on any atom is 0.341 e. The monoisotopic (exact) mass is 297 g/mol. The van der Waals surface area contributed by atoms with Gasteiger partial charge in [-0.3, -0.25) is 4.79 Å². The summed E-state index contributed by atoms with van der Waals surface area (Å²) in [6.45, 7) is 0. The van der Waals surface area contributed by atoms with E-state index in [0.29, 0.717) is 11.3 Å². The predicted octanol–water partition coefficient (Wildman–Crippen LogP) is 1.91. The van der Waals surface area contributed by atoms with Crippen LogP contribution in [0.1, 0.15) is 10.4 Å². The maximum absolute atomic E-state index is 12.3. The van der Waals surface area contributed by atoms with Crippen LogP contribution in [-0.4, -0.2) is 29.9 Å². The smallest absolute Gasteiger partial charge is 0.341 e. The number of methoxy groups -OCH3 is 2. The van der Waals surface area contributed by atoms with E-state index in [-0.39, 0.29) is 21.7 Å². The van der Waals surface area contributed by atoms with E-state index in [9.17, 15) is 9.59 Å². The van der Waals surface area contributed by atoms with Crippen LogP contribution in [0.3, 0.4) is 0 Å². The molecule has 1 aromatic carbocycles. The highest BCUT2D eigenvalue weighted by atomic mass is 35.5. The normalized spacial score (nSPS) is 10.6. The van der Waals surface area contributed by atoms with E-state index in [2.05, 4.69) is 0 Å². The van der Waals surface area contributed by atoms with Crippen molar-refractivity contribution in [3.63, 3.8) is 0 Å². The van der Waals surface area contributed by atoms with E-state index in [1.165, 1.54) is 31.0 Å². The van der Waals surface area contributed by atoms with Gasteiger partial charge in [-0.05, 0) is 0 Å². The Balaban J connectivity index is 3.12. The van der Waals surface area contributed by atoms with Crippen LogP contribution in [0.5, 0.6) is 11.5 Å². The fourth-order valence-electron chi connectivity index (χ4n) is 2.12. The van der Waals surface area contributed by atoms with Gasteiger partial charge in [0, 0.05) is 19.3 Å². The average Bonchev–Trinajstić information content (AvgIpc) is 2.41. The molecule has 0 atom stereocenters. The first-order valence-electron chi connectivity index (χ1n) is 5.59. The molecular formula is C13H12ClNO5. The van der Waals surface area contributed by atoms with Crippen LogP contribution in [0.4, 0.5) is 0 Å². The summed E-state index contributed by atoms with van der Waals surface area (Å²) in [4.78, 5) is 23.5. The molecule has 0 aliphatic rings. The van der Waals surface area contributed by atoms with Gasteiger partial charge in [0.25, 0.3) is 0 Å². The van der Waals surface area contributed by atoms with Crippen molar-refractivity contribution in [3.05, 3.63) is 33.1 Å². The number of ether oxygens (including phenoxy) is 2. The number of carboxylic acids is 1. The summed E-state index contributed by atoms with van der Waals surface area (Å²) in [5, 5.41) is 9.35. The van der Waals surface area contributed by atoms with Crippen molar-refractivity contribution in [1.29, 1.82) is 0 Å². The van der Waals surface area contributed by atoms with Crippen LogP contribution < -0.4 is 14.9 Å². The van der Waals surface area contributed by atoms with Gasteiger partial charge >= 0.3 is 5.97 Å². The van der Waals surface area contributed by atoms with E-state index in [0.717, 1.165) is 0 Å². The minimum atomic E-state index is -1.31. The van der Waals surface area contributed by atoms with Crippen molar-refractivity contribution in [2.75, 3.05) is 14.2 Å². The van der Waals surface area contributed by atoms with Gasteiger partial charge in [-0.1, -0.05) is 11.6 Å². The molecule has 20 heavy (non-hydrogen) atoms. The summed E-state index contributed by atoms with van der Waals surface area (Å²) in [6, 6.07) is 1.52. The molecule has 1 aromatic heterocycles. The van der Waals surface area contributed by atoms with Gasteiger partial charge < -0.3 is 19.1 Å². The highest BCUT2D eigenvalue weighted by Crippen LogP contribution is 2.37. The first-order chi connectivity index (χ1) is 9.42. The van der Waals surface area contributed by atoms with Crippen LogP contribution in [0.2, 0.25) is 5.02 Å². The Morgan fingerprint density at radius 1 is 1.35 bits per heavy atom. The topological polar surface area (TPSA) is 77.8 Å². The summed E-state index contributed by atoms with van der Waals surface area (Å²) in [5.41, 5.74) is -0.602. The van der Waals surface area contributed by atoms with E-state index < -0.39 is 11.4 Å². The molecule has 2 rings (SSSR count). The quantitative estimate of drug-likeness (QED) is 0.936. The molecule has 7 heteroatoms. The lowest BCUT2D eigenvalue weighted by atomic mass is 10.1. The Bertz CT molecular complexity index is 766. The standard InChI is InChI=1S/C13H12ClNO5/c1-15-5-6(13(17)18)11(16)9-10(15)8(19-2)4-7(14)12(9)20-3/h4-5H,1-3H3,(H,17,18). The molecule has 0 aliphatic carbocycles. The highest BCUT2D eigenvalue weighted by molar-refractivity contribution is 6.33. The molecule has 6 nitrogen and oxygen atoms in total. The fourth-order valence-corrected chi connectivity index (χ4v) is 2.39. The summed E-state index contributed by atoms with van der Waals surface area (Å²) in [7, 11) is 4.41. The van der Waals surface area contributed by atoms with E-state index >= 15 is 0 Å². The van der Waals surface area contributed by atoms with Gasteiger partial charge in [0.05, 0.1) is 30.1 Å². The van der Waals surface area contributed by atoms with E-state index in [4.69, 9.17) is 26.2 Å². The van der Waals surface area contributed by atoms with Crippen LogP contribution in [0.15, 0.2) is 17.1 Å². The van der Waals surface area contributed by atoms with Gasteiger partial charge in [0.15, 0.2) is 5.75 Å². The number of pyridine rings is 1.